The zero-order valence-electron chi connectivity index (χ0n) is 19.5. The van der Waals surface area contributed by atoms with Gasteiger partial charge in [-0.05, 0) is 51.8 Å². The number of anilines is 1. The molecule has 9 nitrogen and oxygen atoms in total. The van der Waals surface area contributed by atoms with Gasteiger partial charge in [0.1, 0.15) is 10.6 Å². The van der Waals surface area contributed by atoms with Crippen LogP contribution in [-0.2, 0) is 16.6 Å². The van der Waals surface area contributed by atoms with E-state index in [1.807, 2.05) is 50.6 Å². The van der Waals surface area contributed by atoms with Gasteiger partial charge >= 0.3 is 5.97 Å². The van der Waals surface area contributed by atoms with Crippen molar-refractivity contribution in [3.8, 4) is 5.75 Å². The molecule has 11 heteroatoms. The molecule has 2 aromatic heterocycles. The summed E-state index contributed by atoms with van der Waals surface area (Å²) in [6.07, 6.45) is -0.314. The summed E-state index contributed by atoms with van der Waals surface area (Å²) in [5.41, 5.74) is 2.77. The van der Waals surface area contributed by atoms with Gasteiger partial charge < -0.3 is 19.4 Å². The minimum absolute atomic E-state index is 0.117. The quantitative estimate of drug-likeness (QED) is 0.351. The summed E-state index contributed by atoms with van der Waals surface area (Å²) in [7, 11) is 1.84. The number of ether oxygens (including phenoxy) is 2. The van der Waals surface area contributed by atoms with Crippen LogP contribution in [0.2, 0.25) is 0 Å². The van der Waals surface area contributed by atoms with E-state index in [0.717, 1.165) is 28.2 Å². The van der Waals surface area contributed by atoms with Crippen molar-refractivity contribution in [1.29, 1.82) is 0 Å². The van der Waals surface area contributed by atoms with Crippen molar-refractivity contribution in [2.45, 2.75) is 45.9 Å². The normalized spacial score (nSPS) is 11.8. The van der Waals surface area contributed by atoms with Gasteiger partial charge in [0, 0.05) is 7.05 Å². The molecule has 1 unspecified atom stereocenters. The van der Waals surface area contributed by atoms with Crippen molar-refractivity contribution in [2.24, 2.45) is 7.05 Å². The standard InChI is InChI=1S/C22H27N5O4S2/c1-7-30-20(29)18-14(4)23-21(33-18)24-17(28)11-32-22-26-25-19(27(22)6)15(5)31-16-10-8-9-12(2)13(16)3/h8-10,15H,7,11H2,1-6H3,(H,23,24,28). The minimum Gasteiger partial charge on any atom is -0.482 e. The molecule has 2 heterocycles. The molecule has 0 saturated heterocycles. The Morgan fingerprint density at radius 2 is 2.00 bits per heavy atom. The summed E-state index contributed by atoms with van der Waals surface area (Å²) in [5.74, 6) is 0.888. The summed E-state index contributed by atoms with van der Waals surface area (Å²) >= 11 is 2.35. The van der Waals surface area contributed by atoms with Crippen LogP contribution in [0.1, 0.15) is 52.3 Å². The summed E-state index contributed by atoms with van der Waals surface area (Å²) < 4.78 is 12.9. The van der Waals surface area contributed by atoms with Gasteiger partial charge in [-0.25, -0.2) is 9.78 Å². The highest BCUT2D eigenvalue weighted by Crippen LogP contribution is 2.28. The summed E-state index contributed by atoms with van der Waals surface area (Å²) in [6.45, 7) is 9.70. The monoisotopic (exact) mass is 489 g/mol. The van der Waals surface area contributed by atoms with Gasteiger partial charge in [0.15, 0.2) is 22.2 Å². The molecule has 0 saturated carbocycles. The molecule has 1 N–H and O–H groups in total. The molecule has 1 aromatic carbocycles. The molecule has 1 amide bonds. The highest BCUT2D eigenvalue weighted by molar-refractivity contribution is 7.99. The molecule has 0 fully saturated rings. The molecule has 1 atom stereocenters. The second-order valence-corrected chi connectivity index (χ2v) is 9.29. The molecule has 0 aliphatic carbocycles. The number of nitrogens with zero attached hydrogens (tertiary/aromatic N) is 4. The van der Waals surface area contributed by atoms with E-state index in [1.165, 1.54) is 11.8 Å². The van der Waals surface area contributed by atoms with E-state index in [9.17, 15) is 9.59 Å². The van der Waals surface area contributed by atoms with Gasteiger partial charge in [0.25, 0.3) is 0 Å². The topological polar surface area (TPSA) is 108 Å². The van der Waals surface area contributed by atoms with E-state index < -0.39 is 5.97 Å². The smallest absolute Gasteiger partial charge is 0.350 e. The number of aryl methyl sites for hydroxylation is 2. The first kappa shape index (κ1) is 24.7. The molecule has 0 spiro atoms. The highest BCUT2D eigenvalue weighted by atomic mass is 32.2. The molecule has 0 aliphatic heterocycles. The fourth-order valence-corrected chi connectivity index (χ4v) is 4.62. The number of aromatic nitrogens is 4. The first-order valence-electron chi connectivity index (χ1n) is 10.4. The average molecular weight is 490 g/mol. The predicted molar refractivity (Wildman–Crippen MR) is 128 cm³/mol. The van der Waals surface area contributed by atoms with E-state index >= 15 is 0 Å². The van der Waals surface area contributed by atoms with E-state index in [-0.39, 0.29) is 24.4 Å². The SMILES string of the molecule is CCOC(=O)c1sc(NC(=O)CSc2nnc(C(C)Oc3cccc(C)c3C)n2C)nc1C. The second-order valence-electron chi connectivity index (χ2n) is 7.35. The highest BCUT2D eigenvalue weighted by Gasteiger charge is 2.20. The van der Waals surface area contributed by atoms with E-state index in [2.05, 4.69) is 20.5 Å². The van der Waals surface area contributed by atoms with Gasteiger partial charge in [0.2, 0.25) is 5.91 Å². The number of esters is 1. The maximum absolute atomic E-state index is 12.4. The number of thioether (sulfide) groups is 1. The van der Waals surface area contributed by atoms with Crippen molar-refractivity contribution in [3.05, 3.63) is 45.7 Å². The molecular formula is C22H27N5O4S2. The zero-order chi connectivity index (χ0) is 24.1. The third kappa shape index (κ3) is 5.91. The number of amides is 1. The lowest BCUT2D eigenvalue weighted by molar-refractivity contribution is -0.113. The number of thiazole rings is 1. The Hall–Kier alpha value is -2.92. The third-order valence-corrected chi connectivity index (χ3v) is 7.00. The molecule has 176 valence electrons. The van der Waals surface area contributed by atoms with Gasteiger partial charge in [0.05, 0.1) is 18.1 Å². The summed E-state index contributed by atoms with van der Waals surface area (Å²) in [4.78, 5) is 28.9. The van der Waals surface area contributed by atoms with Crippen molar-refractivity contribution < 1.29 is 19.1 Å². The Bertz CT molecular complexity index is 1160. The van der Waals surface area contributed by atoms with Crippen molar-refractivity contribution in [3.63, 3.8) is 0 Å². The van der Waals surface area contributed by atoms with Crippen LogP contribution >= 0.6 is 23.1 Å². The van der Waals surface area contributed by atoms with Gasteiger partial charge in [-0.1, -0.05) is 35.2 Å². The van der Waals surface area contributed by atoms with Crippen molar-refractivity contribution in [2.75, 3.05) is 17.7 Å². The van der Waals surface area contributed by atoms with Gasteiger partial charge in [-0.15, -0.1) is 10.2 Å². The van der Waals surface area contributed by atoms with E-state index in [1.54, 1.807) is 13.8 Å². The largest absolute Gasteiger partial charge is 0.482 e. The van der Waals surface area contributed by atoms with Crippen LogP contribution in [0, 0.1) is 20.8 Å². The van der Waals surface area contributed by atoms with Gasteiger partial charge in [-0.3, -0.25) is 4.79 Å². The zero-order valence-corrected chi connectivity index (χ0v) is 21.1. The Kier molecular flexibility index (Phi) is 8.09. The minimum atomic E-state index is -0.439. The molecule has 3 rings (SSSR count). The number of rotatable bonds is 9. The molecule has 0 aliphatic rings. The van der Waals surface area contributed by atoms with Crippen LogP contribution in [0.3, 0.4) is 0 Å². The fraction of sp³-hybridized carbons (Fsp3) is 0.409. The third-order valence-electron chi connectivity index (χ3n) is 4.93. The Labute approximate surface area is 200 Å². The molecule has 0 bridgehead atoms. The maximum atomic E-state index is 12.4. The number of benzene rings is 1. The van der Waals surface area contributed by atoms with Crippen LogP contribution in [-0.4, -0.2) is 44.0 Å². The lowest BCUT2D eigenvalue weighted by atomic mass is 10.1. The maximum Gasteiger partial charge on any atom is 0.350 e. The fourth-order valence-electron chi connectivity index (χ4n) is 3.02. The Balaban J connectivity index is 1.59. The molecule has 0 radical (unpaired) electrons. The number of carbonyl (C=O) groups excluding carboxylic acids is 2. The van der Waals surface area contributed by atoms with E-state index in [0.29, 0.717) is 26.7 Å². The first-order valence-corrected chi connectivity index (χ1v) is 12.2. The lowest BCUT2D eigenvalue weighted by Crippen LogP contribution is -2.14. The summed E-state index contributed by atoms with van der Waals surface area (Å²) in [6, 6.07) is 5.93. The first-order chi connectivity index (χ1) is 15.7. The number of hydrogen-bond donors (Lipinski definition) is 1. The molecular weight excluding hydrogens is 462 g/mol. The molecule has 3 aromatic rings. The van der Waals surface area contributed by atoms with Crippen LogP contribution in [0.25, 0.3) is 0 Å². The second kappa shape index (κ2) is 10.8. The Morgan fingerprint density at radius 1 is 1.24 bits per heavy atom. The van der Waals surface area contributed by atoms with Crippen LogP contribution in [0.15, 0.2) is 23.4 Å². The predicted octanol–water partition coefficient (Wildman–Crippen LogP) is 4.24. The van der Waals surface area contributed by atoms with Crippen LogP contribution < -0.4 is 10.1 Å². The summed E-state index contributed by atoms with van der Waals surface area (Å²) in [5, 5.41) is 12.1. The number of hydrogen-bond acceptors (Lipinski definition) is 9. The average Bonchev–Trinajstić information content (AvgIpc) is 3.32. The van der Waals surface area contributed by atoms with Gasteiger partial charge in [-0.2, -0.15) is 0 Å². The number of nitrogens with one attached hydrogen (secondary N) is 1. The van der Waals surface area contributed by atoms with Crippen molar-refractivity contribution >= 4 is 40.1 Å². The van der Waals surface area contributed by atoms with E-state index in [4.69, 9.17) is 9.47 Å². The van der Waals surface area contributed by atoms with Crippen LogP contribution in [0.4, 0.5) is 5.13 Å². The number of carbonyl (C=O) groups is 2. The lowest BCUT2D eigenvalue weighted by Gasteiger charge is -2.16. The molecule has 33 heavy (non-hydrogen) atoms. The van der Waals surface area contributed by atoms with Crippen LogP contribution in [0.5, 0.6) is 5.75 Å². The Morgan fingerprint density at radius 3 is 2.73 bits per heavy atom. The van der Waals surface area contributed by atoms with Crippen molar-refractivity contribution in [1.82, 2.24) is 19.7 Å².